The average molecular weight is 240 g/mol. The van der Waals surface area contributed by atoms with Crippen molar-refractivity contribution < 1.29 is 19.1 Å². The minimum Gasteiger partial charge on any atom is -0.380 e. The van der Waals surface area contributed by atoms with E-state index in [0.717, 1.165) is 4.90 Å². The van der Waals surface area contributed by atoms with Crippen LogP contribution in [0.3, 0.4) is 0 Å². The van der Waals surface area contributed by atoms with E-state index in [1.807, 2.05) is 6.92 Å². The van der Waals surface area contributed by atoms with Crippen molar-refractivity contribution in [3.63, 3.8) is 0 Å². The molecule has 6 nitrogen and oxygen atoms in total. The van der Waals surface area contributed by atoms with Gasteiger partial charge in [0.2, 0.25) is 5.91 Å². The van der Waals surface area contributed by atoms with Crippen molar-refractivity contribution in [3.8, 4) is 0 Å². The normalized spacial score (nSPS) is 14.5. The molecule has 0 aromatic carbocycles. The van der Waals surface area contributed by atoms with Gasteiger partial charge in [-0.15, -0.1) is 0 Å². The van der Waals surface area contributed by atoms with E-state index < -0.39 is 0 Å². The summed E-state index contributed by atoms with van der Waals surface area (Å²) in [5, 5.41) is 2.64. The van der Waals surface area contributed by atoms with Gasteiger partial charge in [0.25, 0.3) is 11.8 Å². The highest BCUT2D eigenvalue weighted by Gasteiger charge is 2.23. The maximum atomic E-state index is 11.3. The average Bonchev–Trinajstić information content (AvgIpc) is 2.62. The van der Waals surface area contributed by atoms with Crippen molar-refractivity contribution in [1.82, 2.24) is 10.2 Å². The summed E-state index contributed by atoms with van der Waals surface area (Å²) in [6.45, 7) is 3.50. The van der Waals surface area contributed by atoms with E-state index in [2.05, 4.69) is 5.32 Å². The Balaban J connectivity index is 2.16. The number of hydrogen-bond donors (Lipinski definition) is 1. The topological polar surface area (TPSA) is 75.7 Å². The zero-order valence-corrected chi connectivity index (χ0v) is 9.77. The maximum absolute atomic E-state index is 11.3. The van der Waals surface area contributed by atoms with Crippen molar-refractivity contribution in [2.24, 2.45) is 0 Å². The SMILES string of the molecule is CCOCCNC(=O)CCN1C(=O)C=CC1=O. The standard InChI is InChI=1S/C11H16N2O4/c1-2-17-8-6-12-9(14)5-7-13-10(15)3-4-11(13)16/h3-4H,2,5-8H2,1H3,(H,12,14). The summed E-state index contributed by atoms with van der Waals surface area (Å²) in [6, 6.07) is 0. The first kappa shape index (κ1) is 13.4. The molecule has 0 fully saturated rings. The lowest BCUT2D eigenvalue weighted by Crippen LogP contribution is -2.35. The Labute approximate surface area is 99.6 Å². The van der Waals surface area contributed by atoms with Crippen molar-refractivity contribution in [2.75, 3.05) is 26.3 Å². The van der Waals surface area contributed by atoms with Crippen LogP contribution in [0.25, 0.3) is 0 Å². The van der Waals surface area contributed by atoms with Gasteiger partial charge in [0.1, 0.15) is 0 Å². The predicted molar refractivity (Wildman–Crippen MR) is 60.0 cm³/mol. The van der Waals surface area contributed by atoms with E-state index in [1.54, 1.807) is 0 Å². The molecule has 1 N–H and O–H groups in total. The largest absolute Gasteiger partial charge is 0.380 e. The summed E-state index contributed by atoms with van der Waals surface area (Å²) in [7, 11) is 0. The van der Waals surface area contributed by atoms with Gasteiger partial charge in [0, 0.05) is 38.3 Å². The Bertz CT molecular complexity index is 320. The number of amides is 3. The molecule has 17 heavy (non-hydrogen) atoms. The van der Waals surface area contributed by atoms with Gasteiger partial charge < -0.3 is 10.1 Å². The minimum atomic E-state index is -0.364. The molecule has 0 radical (unpaired) electrons. The van der Waals surface area contributed by atoms with Crippen LogP contribution in [0.2, 0.25) is 0 Å². The third kappa shape index (κ3) is 4.36. The Hall–Kier alpha value is -1.69. The van der Waals surface area contributed by atoms with Gasteiger partial charge >= 0.3 is 0 Å². The Morgan fingerprint density at radius 1 is 1.35 bits per heavy atom. The number of nitrogens with zero attached hydrogens (tertiary/aromatic N) is 1. The predicted octanol–water partition coefficient (Wildman–Crippen LogP) is -0.546. The third-order valence-electron chi connectivity index (χ3n) is 2.24. The summed E-state index contributed by atoms with van der Waals surface area (Å²) in [4.78, 5) is 34.7. The molecule has 0 atom stereocenters. The van der Waals surface area contributed by atoms with Crippen LogP contribution in [0.5, 0.6) is 0 Å². The zero-order valence-electron chi connectivity index (χ0n) is 9.77. The fraction of sp³-hybridized carbons (Fsp3) is 0.545. The molecular weight excluding hydrogens is 224 g/mol. The maximum Gasteiger partial charge on any atom is 0.253 e. The quantitative estimate of drug-likeness (QED) is 0.479. The zero-order chi connectivity index (χ0) is 12.7. The highest BCUT2D eigenvalue weighted by molar-refractivity contribution is 6.13. The molecule has 0 aromatic rings. The molecule has 0 saturated carbocycles. The minimum absolute atomic E-state index is 0.116. The molecule has 0 unspecified atom stereocenters. The van der Waals surface area contributed by atoms with E-state index in [0.29, 0.717) is 19.8 Å². The lowest BCUT2D eigenvalue weighted by Gasteiger charge is -2.13. The third-order valence-corrected chi connectivity index (χ3v) is 2.24. The van der Waals surface area contributed by atoms with E-state index in [1.165, 1.54) is 12.2 Å². The highest BCUT2D eigenvalue weighted by atomic mass is 16.5. The molecule has 0 spiro atoms. The van der Waals surface area contributed by atoms with Crippen LogP contribution in [0.1, 0.15) is 13.3 Å². The van der Waals surface area contributed by atoms with E-state index in [-0.39, 0.29) is 30.7 Å². The van der Waals surface area contributed by atoms with E-state index in [4.69, 9.17) is 4.74 Å². The van der Waals surface area contributed by atoms with Gasteiger partial charge in [-0.1, -0.05) is 0 Å². The van der Waals surface area contributed by atoms with Crippen LogP contribution < -0.4 is 5.32 Å². The van der Waals surface area contributed by atoms with Crippen molar-refractivity contribution in [1.29, 1.82) is 0 Å². The summed E-state index contributed by atoms with van der Waals surface area (Å²) in [5.41, 5.74) is 0. The van der Waals surface area contributed by atoms with Gasteiger partial charge in [-0.3, -0.25) is 19.3 Å². The highest BCUT2D eigenvalue weighted by Crippen LogP contribution is 2.03. The molecule has 0 aliphatic carbocycles. The molecule has 6 heteroatoms. The fourth-order valence-corrected chi connectivity index (χ4v) is 1.36. The van der Waals surface area contributed by atoms with Gasteiger partial charge in [-0.25, -0.2) is 0 Å². The Kier molecular flexibility index (Phi) is 5.35. The monoisotopic (exact) mass is 240 g/mol. The molecule has 1 rings (SSSR count). The van der Waals surface area contributed by atoms with Crippen LogP contribution in [-0.4, -0.2) is 48.9 Å². The van der Waals surface area contributed by atoms with Crippen molar-refractivity contribution in [2.45, 2.75) is 13.3 Å². The number of carbonyl (C=O) groups is 3. The summed E-state index contributed by atoms with van der Waals surface area (Å²) in [6.07, 6.45) is 2.52. The van der Waals surface area contributed by atoms with Crippen molar-refractivity contribution in [3.05, 3.63) is 12.2 Å². The number of nitrogens with one attached hydrogen (secondary N) is 1. The second kappa shape index (κ2) is 6.80. The van der Waals surface area contributed by atoms with Crippen molar-refractivity contribution >= 4 is 17.7 Å². The molecule has 0 saturated heterocycles. The summed E-state index contributed by atoms with van der Waals surface area (Å²) in [5.74, 6) is -0.925. The number of imide groups is 1. The molecule has 1 heterocycles. The lowest BCUT2D eigenvalue weighted by molar-refractivity contribution is -0.137. The summed E-state index contributed by atoms with van der Waals surface area (Å²) >= 11 is 0. The van der Waals surface area contributed by atoms with Crippen LogP contribution in [0, 0.1) is 0 Å². The first-order chi connectivity index (χ1) is 8.15. The first-order valence-electron chi connectivity index (χ1n) is 5.53. The molecule has 3 amide bonds. The Morgan fingerprint density at radius 3 is 2.59 bits per heavy atom. The van der Waals surface area contributed by atoms with Gasteiger partial charge in [-0.2, -0.15) is 0 Å². The molecule has 0 aromatic heterocycles. The molecule has 0 bridgehead atoms. The fourth-order valence-electron chi connectivity index (χ4n) is 1.36. The number of rotatable bonds is 7. The number of hydrogen-bond acceptors (Lipinski definition) is 4. The van der Waals surface area contributed by atoms with E-state index >= 15 is 0 Å². The summed E-state index contributed by atoms with van der Waals surface area (Å²) < 4.78 is 5.05. The van der Waals surface area contributed by atoms with Gasteiger partial charge in [-0.05, 0) is 6.92 Å². The number of ether oxygens (including phenoxy) is 1. The molecular formula is C11H16N2O4. The van der Waals surface area contributed by atoms with Gasteiger partial charge in [0.15, 0.2) is 0 Å². The molecule has 1 aliphatic rings. The van der Waals surface area contributed by atoms with Crippen LogP contribution >= 0.6 is 0 Å². The Morgan fingerprint density at radius 2 is 2.00 bits per heavy atom. The van der Waals surface area contributed by atoms with E-state index in [9.17, 15) is 14.4 Å². The first-order valence-corrected chi connectivity index (χ1v) is 5.53. The van der Waals surface area contributed by atoms with Crippen LogP contribution in [0.15, 0.2) is 12.2 Å². The number of carbonyl (C=O) groups excluding carboxylic acids is 3. The smallest absolute Gasteiger partial charge is 0.253 e. The van der Waals surface area contributed by atoms with Crippen LogP contribution in [0.4, 0.5) is 0 Å². The molecule has 1 aliphatic heterocycles. The second-order valence-electron chi connectivity index (χ2n) is 3.46. The van der Waals surface area contributed by atoms with Gasteiger partial charge in [0.05, 0.1) is 6.61 Å². The lowest BCUT2D eigenvalue weighted by atomic mass is 10.3. The second-order valence-corrected chi connectivity index (χ2v) is 3.46. The molecule has 94 valence electrons. The van der Waals surface area contributed by atoms with Crippen LogP contribution in [-0.2, 0) is 19.1 Å².